The summed E-state index contributed by atoms with van der Waals surface area (Å²) in [6, 6.07) is 16.0. The number of primary amides is 1. The number of carbonyl (C=O) groups is 1. The van der Waals surface area contributed by atoms with E-state index in [2.05, 4.69) is 16.7 Å². The van der Waals surface area contributed by atoms with Gasteiger partial charge in [0.15, 0.2) is 0 Å². The first-order chi connectivity index (χ1) is 14.8. The third-order valence-corrected chi connectivity index (χ3v) is 6.44. The lowest BCUT2D eigenvalue weighted by molar-refractivity contribution is -0.117. The van der Waals surface area contributed by atoms with Crippen molar-refractivity contribution in [2.45, 2.75) is 38.1 Å². The van der Waals surface area contributed by atoms with Crippen LogP contribution in [0, 0.1) is 0 Å². The second kappa shape index (κ2) is 8.87. The molecule has 1 saturated carbocycles. The van der Waals surface area contributed by atoms with Crippen LogP contribution in [0.1, 0.15) is 42.0 Å². The average Bonchev–Trinajstić information content (AvgIpc) is 3.51. The van der Waals surface area contributed by atoms with E-state index in [4.69, 9.17) is 20.3 Å². The highest BCUT2D eigenvalue weighted by Crippen LogP contribution is 2.46. The zero-order chi connectivity index (χ0) is 22.0. The van der Waals surface area contributed by atoms with Gasteiger partial charge in [-0.2, -0.15) is 0 Å². The van der Waals surface area contributed by atoms with Crippen molar-refractivity contribution in [3.8, 4) is 5.75 Å². The second-order valence-electron chi connectivity index (χ2n) is 8.12. The van der Waals surface area contributed by atoms with E-state index < -0.39 is 7.60 Å². The van der Waals surface area contributed by atoms with E-state index in [-0.39, 0.29) is 31.5 Å². The molecule has 0 aliphatic heterocycles. The van der Waals surface area contributed by atoms with Crippen LogP contribution in [0.5, 0.6) is 5.75 Å². The summed E-state index contributed by atoms with van der Waals surface area (Å²) in [5.41, 5.74) is 9.94. The zero-order valence-corrected chi connectivity index (χ0v) is 18.1. The van der Waals surface area contributed by atoms with Gasteiger partial charge in [-0.1, -0.05) is 30.3 Å². The van der Waals surface area contributed by atoms with Crippen molar-refractivity contribution in [2.75, 3.05) is 12.8 Å². The molecule has 4 rings (SSSR count). The lowest BCUT2D eigenvalue weighted by Gasteiger charge is -2.12. The fourth-order valence-electron chi connectivity index (χ4n) is 4.09. The number of fused-ring (bicyclic) bond motifs is 1. The third-order valence-electron chi connectivity index (χ3n) is 5.54. The molecule has 0 unspecified atom stereocenters. The minimum absolute atomic E-state index is 0.172. The zero-order valence-electron chi connectivity index (χ0n) is 17.2. The summed E-state index contributed by atoms with van der Waals surface area (Å²) in [6.45, 7) is 0.923. The Kier molecular flexibility index (Phi) is 6.19. The molecule has 1 amide bonds. The molecule has 31 heavy (non-hydrogen) atoms. The van der Waals surface area contributed by atoms with Crippen molar-refractivity contribution >= 4 is 24.4 Å². The largest absolute Gasteiger partial charge is 0.494 e. The Morgan fingerprint density at radius 2 is 1.90 bits per heavy atom. The Labute approximate surface area is 181 Å². The van der Waals surface area contributed by atoms with Gasteiger partial charge in [0.2, 0.25) is 5.91 Å². The van der Waals surface area contributed by atoms with Crippen LogP contribution in [0.2, 0.25) is 0 Å². The normalized spacial score (nSPS) is 14.1. The smallest absolute Gasteiger partial charge is 0.325 e. The number of hydrogen-bond donors (Lipinski definition) is 3. The van der Waals surface area contributed by atoms with Gasteiger partial charge in [-0.3, -0.25) is 9.36 Å². The number of aromatic nitrogens is 1. The Balaban J connectivity index is 1.70. The summed E-state index contributed by atoms with van der Waals surface area (Å²) in [6.07, 6.45) is 2.43. The number of carbonyl (C=O) groups excluding carboxylic acids is 1. The summed E-state index contributed by atoms with van der Waals surface area (Å²) in [7, 11) is -4.03. The molecule has 1 fully saturated rings. The molecule has 0 atom stereocenters. The maximum absolute atomic E-state index is 11.9. The van der Waals surface area contributed by atoms with Crippen molar-refractivity contribution < 1.29 is 23.9 Å². The van der Waals surface area contributed by atoms with Gasteiger partial charge in [-0.15, -0.1) is 0 Å². The number of benzene rings is 2. The fraction of sp³-hybridized carbons (Fsp3) is 0.348. The minimum Gasteiger partial charge on any atom is -0.494 e. The van der Waals surface area contributed by atoms with E-state index in [1.807, 2.05) is 36.4 Å². The first-order valence-electron chi connectivity index (χ1n) is 10.5. The van der Waals surface area contributed by atoms with Crippen LogP contribution in [0.4, 0.5) is 0 Å². The van der Waals surface area contributed by atoms with Gasteiger partial charge in [0.1, 0.15) is 5.75 Å². The second-order valence-corrected chi connectivity index (χ2v) is 9.90. The van der Waals surface area contributed by atoms with Crippen LogP contribution in [-0.4, -0.2) is 33.0 Å². The first kappa shape index (κ1) is 21.6. The maximum atomic E-state index is 11.9. The molecule has 0 radical (unpaired) electrons. The Morgan fingerprint density at radius 3 is 2.55 bits per heavy atom. The van der Waals surface area contributed by atoms with Crippen LogP contribution in [0.3, 0.4) is 0 Å². The van der Waals surface area contributed by atoms with Gasteiger partial charge in [-0.05, 0) is 54.5 Å². The highest BCUT2D eigenvalue weighted by molar-refractivity contribution is 7.51. The topological polar surface area (TPSA) is 115 Å². The Bertz CT molecular complexity index is 1130. The molecule has 1 aliphatic carbocycles. The van der Waals surface area contributed by atoms with Crippen molar-refractivity contribution in [1.29, 1.82) is 0 Å². The molecule has 164 valence electrons. The standard InChI is InChI=1S/C23H27N2O5P/c24-22(26)14-20-19-13-18(30-11-4-12-31(27,28)29)9-10-21(19)25(23(20)17-7-8-17)15-16-5-2-1-3-6-16/h1-3,5-6,9-10,13,17H,4,7-8,11-12,14-15H2,(H2,24,26)(H2,27,28,29). The Hall–Kier alpha value is -2.60. The minimum atomic E-state index is -4.03. The van der Waals surface area contributed by atoms with Crippen LogP contribution in [-0.2, 0) is 22.3 Å². The number of ether oxygens (including phenoxy) is 1. The van der Waals surface area contributed by atoms with Crippen molar-refractivity contribution in [2.24, 2.45) is 5.73 Å². The fourth-order valence-corrected chi connectivity index (χ4v) is 4.63. The van der Waals surface area contributed by atoms with Gasteiger partial charge >= 0.3 is 7.60 Å². The highest BCUT2D eigenvalue weighted by Gasteiger charge is 2.32. The summed E-state index contributed by atoms with van der Waals surface area (Å²) < 4.78 is 19.1. The van der Waals surface area contributed by atoms with Crippen LogP contribution in [0.25, 0.3) is 10.9 Å². The molecule has 1 aliphatic rings. The van der Waals surface area contributed by atoms with E-state index in [1.165, 1.54) is 11.3 Å². The summed E-state index contributed by atoms with van der Waals surface area (Å²) >= 11 is 0. The molecule has 0 saturated heterocycles. The summed E-state index contributed by atoms with van der Waals surface area (Å²) in [4.78, 5) is 29.9. The predicted molar refractivity (Wildman–Crippen MR) is 119 cm³/mol. The van der Waals surface area contributed by atoms with Crippen molar-refractivity contribution in [3.63, 3.8) is 0 Å². The lowest BCUT2D eigenvalue weighted by atomic mass is 10.0. The summed E-state index contributed by atoms with van der Waals surface area (Å²) in [5.74, 6) is 0.676. The number of nitrogens with zero attached hydrogens (tertiary/aromatic N) is 1. The molecule has 4 N–H and O–H groups in total. The van der Waals surface area contributed by atoms with Gasteiger partial charge in [0.05, 0.1) is 19.2 Å². The van der Waals surface area contributed by atoms with Crippen LogP contribution in [0.15, 0.2) is 48.5 Å². The number of amides is 1. The average molecular weight is 442 g/mol. The predicted octanol–water partition coefficient (Wildman–Crippen LogP) is 3.54. The lowest BCUT2D eigenvalue weighted by Crippen LogP contribution is -2.15. The van der Waals surface area contributed by atoms with Gasteiger partial charge in [0.25, 0.3) is 0 Å². The molecule has 3 aromatic rings. The van der Waals surface area contributed by atoms with Crippen molar-refractivity contribution in [1.82, 2.24) is 4.57 Å². The van der Waals surface area contributed by atoms with E-state index in [9.17, 15) is 9.36 Å². The molecule has 1 aromatic heterocycles. The Morgan fingerprint density at radius 1 is 1.16 bits per heavy atom. The molecule has 2 aromatic carbocycles. The number of rotatable bonds is 10. The monoisotopic (exact) mass is 442 g/mol. The van der Waals surface area contributed by atoms with Crippen LogP contribution >= 0.6 is 7.60 Å². The maximum Gasteiger partial charge on any atom is 0.325 e. The van der Waals surface area contributed by atoms with E-state index in [1.54, 1.807) is 0 Å². The molecule has 0 spiro atoms. The van der Waals surface area contributed by atoms with E-state index in [0.717, 1.165) is 29.3 Å². The van der Waals surface area contributed by atoms with E-state index in [0.29, 0.717) is 18.2 Å². The van der Waals surface area contributed by atoms with Gasteiger partial charge in [0, 0.05) is 23.1 Å². The highest BCUT2D eigenvalue weighted by atomic mass is 31.2. The summed E-state index contributed by atoms with van der Waals surface area (Å²) in [5, 5.41) is 0.948. The molecule has 7 nitrogen and oxygen atoms in total. The molecule has 8 heteroatoms. The van der Waals surface area contributed by atoms with E-state index >= 15 is 0 Å². The SMILES string of the molecule is NC(=O)Cc1c(C2CC2)n(Cc2ccccc2)c2ccc(OCCCP(=O)(O)O)cc12. The molecular formula is C23H27N2O5P. The van der Waals surface area contributed by atoms with Crippen molar-refractivity contribution in [3.05, 3.63) is 65.4 Å². The number of nitrogens with two attached hydrogens (primary N) is 1. The quantitative estimate of drug-likeness (QED) is 0.328. The number of hydrogen-bond acceptors (Lipinski definition) is 3. The third kappa shape index (κ3) is 5.37. The first-order valence-corrected chi connectivity index (χ1v) is 12.3. The van der Waals surface area contributed by atoms with Gasteiger partial charge < -0.3 is 24.8 Å². The molecule has 0 bridgehead atoms. The molecule has 1 heterocycles. The molecular weight excluding hydrogens is 415 g/mol. The van der Waals surface area contributed by atoms with Gasteiger partial charge in [-0.25, -0.2) is 0 Å². The van der Waals surface area contributed by atoms with Crippen LogP contribution < -0.4 is 10.5 Å².